The fraction of sp³-hybridized carbons (Fsp3) is 0.706. The molecule has 1 heterocycles. The quantitative estimate of drug-likeness (QED) is 0.834. The van der Waals surface area contributed by atoms with E-state index in [1.807, 2.05) is 6.20 Å². The normalized spacial score (nSPS) is 20.3. The number of hydrogen-bond acceptors (Lipinski definition) is 2. The molecule has 1 N–H and O–H groups in total. The van der Waals surface area contributed by atoms with Gasteiger partial charge in [-0.25, -0.2) is 0 Å². The molecular weight excluding hydrogens is 232 g/mol. The molecule has 2 rings (SSSR count). The van der Waals surface area contributed by atoms with Crippen LogP contribution in [0.4, 0.5) is 0 Å². The van der Waals surface area contributed by atoms with Crippen molar-refractivity contribution in [1.29, 1.82) is 0 Å². The summed E-state index contributed by atoms with van der Waals surface area (Å²) in [6.07, 6.45) is 9.63. The van der Waals surface area contributed by atoms with E-state index in [4.69, 9.17) is 4.98 Å². The van der Waals surface area contributed by atoms with E-state index >= 15 is 0 Å². The maximum Gasteiger partial charge on any atom is 0.0481 e. The molecule has 19 heavy (non-hydrogen) atoms. The standard InChI is InChI=1S/C17H28N2/c1-4-5-11-16(19-13(2)3)15-10-6-8-14-9-7-12-18-17(14)15/h7,9,12-13,15-16,19H,4-6,8,10-11H2,1-3H3. The zero-order chi connectivity index (χ0) is 13.7. The smallest absolute Gasteiger partial charge is 0.0481 e. The van der Waals surface area contributed by atoms with E-state index in [9.17, 15) is 0 Å². The zero-order valence-corrected chi connectivity index (χ0v) is 12.7. The molecule has 1 aromatic heterocycles. The first-order valence-corrected chi connectivity index (χ1v) is 7.92. The third kappa shape index (κ3) is 3.79. The van der Waals surface area contributed by atoms with Gasteiger partial charge in [0.1, 0.15) is 0 Å². The Balaban J connectivity index is 2.17. The molecule has 2 heteroatoms. The van der Waals surface area contributed by atoms with Crippen molar-refractivity contribution in [3.05, 3.63) is 29.6 Å². The highest BCUT2D eigenvalue weighted by Crippen LogP contribution is 2.34. The van der Waals surface area contributed by atoms with Crippen LogP contribution in [0.2, 0.25) is 0 Å². The van der Waals surface area contributed by atoms with Crippen LogP contribution in [0.25, 0.3) is 0 Å². The Bertz CT molecular complexity index is 387. The van der Waals surface area contributed by atoms with E-state index in [2.05, 4.69) is 38.2 Å². The Labute approximate surface area is 118 Å². The predicted octanol–water partition coefficient (Wildman–Crippen LogP) is 4.06. The van der Waals surface area contributed by atoms with Gasteiger partial charge in [0.05, 0.1) is 0 Å². The molecule has 0 amide bonds. The minimum atomic E-state index is 0.552. The highest BCUT2D eigenvalue weighted by Gasteiger charge is 2.28. The van der Waals surface area contributed by atoms with Crippen molar-refractivity contribution in [2.45, 2.75) is 77.3 Å². The molecule has 2 atom stereocenters. The molecule has 1 aromatic rings. The van der Waals surface area contributed by atoms with Gasteiger partial charge < -0.3 is 5.32 Å². The monoisotopic (exact) mass is 260 g/mol. The van der Waals surface area contributed by atoms with Crippen molar-refractivity contribution >= 4 is 0 Å². The van der Waals surface area contributed by atoms with Gasteiger partial charge in [0.25, 0.3) is 0 Å². The average Bonchev–Trinajstić information content (AvgIpc) is 2.42. The number of aromatic nitrogens is 1. The summed E-state index contributed by atoms with van der Waals surface area (Å²) in [5.74, 6) is 0.610. The van der Waals surface area contributed by atoms with Crippen molar-refractivity contribution in [3.8, 4) is 0 Å². The first-order valence-electron chi connectivity index (χ1n) is 7.92. The lowest BCUT2D eigenvalue weighted by Crippen LogP contribution is -2.40. The van der Waals surface area contributed by atoms with Gasteiger partial charge in [-0.05, 0) is 37.3 Å². The Morgan fingerprint density at radius 2 is 2.26 bits per heavy atom. The van der Waals surface area contributed by atoms with Crippen molar-refractivity contribution in [2.24, 2.45) is 0 Å². The zero-order valence-electron chi connectivity index (χ0n) is 12.7. The van der Waals surface area contributed by atoms with Gasteiger partial charge in [-0.1, -0.05) is 39.7 Å². The van der Waals surface area contributed by atoms with Crippen molar-refractivity contribution in [2.75, 3.05) is 0 Å². The molecule has 0 radical (unpaired) electrons. The van der Waals surface area contributed by atoms with Crippen LogP contribution in [0.15, 0.2) is 18.3 Å². The van der Waals surface area contributed by atoms with Gasteiger partial charge >= 0.3 is 0 Å². The molecule has 2 nitrogen and oxygen atoms in total. The van der Waals surface area contributed by atoms with Gasteiger partial charge in [-0.15, -0.1) is 0 Å². The first-order chi connectivity index (χ1) is 9.22. The predicted molar refractivity (Wildman–Crippen MR) is 81.5 cm³/mol. The van der Waals surface area contributed by atoms with Gasteiger partial charge in [0, 0.05) is 29.9 Å². The molecule has 1 aliphatic carbocycles. The van der Waals surface area contributed by atoms with Gasteiger partial charge in [-0.2, -0.15) is 0 Å². The number of hydrogen-bond donors (Lipinski definition) is 1. The lowest BCUT2D eigenvalue weighted by molar-refractivity contribution is 0.338. The lowest BCUT2D eigenvalue weighted by Gasteiger charge is -2.33. The second-order valence-corrected chi connectivity index (χ2v) is 6.12. The molecule has 0 spiro atoms. The second kappa shape index (κ2) is 7.04. The molecular formula is C17H28N2. The van der Waals surface area contributed by atoms with Crippen LogP contribution in [0.5, 0.6) is 0 Å². The van der Waals surface area contributed by atoms with E-state index in [1.54, 1.807) is 0 Å². The minimum Gasteiger partial charge on any atom is -0.311 e. The SMILES string of the molecule is CCCCC(NC(C)C)C1CCCc2cccnc21. The van der Waals surface area contributed by atoms with Crippen LogP contribution in [-0.4, -0.2) is 17.1 Å². The van der Waals surface area contributed by atoms with E-state index in [0.29, 0.717) is 18.0 Å². The molecule has 0 aromatic carbocycles. The van der Waals surface area contributed by atoms with Crippen LogP contribution >= 0.6 is 0 Å². The summed E-state index contributed by atoms with van der Waals surface area (Å²) < 4.78 is 0. The summed E-state index contributed by atoms with van der Waals surface area (Å²) in [6.45, 7) is 6.78. The number of aryl methyl sites for hydroxylation is 1. The summed E-state index contributed by atoms with van der Waals surface area (Å²) in [5, 5.41) is 3.79. The van der Waals surface area contributed by atoms with Gasteiger partial charge in [0.15, 0.2) is 0 Å². The van der Waals surface area contributed by atoms with E-state index in [1.165, 1.54) is 49.8 Å². The Hall–Kier alpha value is -0.890. The summed E-state index contributed by atoms with van der Waals surface area (Å²) in [6, 6.07) is 5.49. The fourth-order valence-corrected chi connectivity index (χ4v) is 3.29. The maximum atomic E-state index is 4.70. The molecule has 0 saturated carbocycles. The van der Waals surface area contributed by atoms with Crippen molar-refractivity contribution < 1.29 is 0 Å². The van der Waals surface area contributed by atoms with Crippen LogP contribution < -0.4 is 5.32 Å². The Morgan fingerprint density at radius 1 is 1.42 bits per heavy atom. The molecule has 0 bridgehead atoms. The van der Waals surface area contributed by atoms with Crippen LogP contribution in [0.1, 0.15) is 70.1 Å². The molecule has 106 valence electrons. The number of pyridine rings is 1. The van der Waals surface area contributed by atoms with Crippen LogP contribution in [-0.2, 0) is 6.42 Å². The lowest BCUT2D eigenvalue weighted by atomic mass is 9.80. The highest BCUT2D eigenvalue weighted by molar-refractivity contribution is 5.27. The number of fused-ring (bicyclic) bond motifs is 1. The molecule has 0 fully saturated rings. The number of unbranched alkanes of at least 4 members (excludes halogenated alkanes) is 1. The van der Waals surface area contributed by atoms with Crippen LogP contribution in [0.3, 0.4) is 0 Å². The highest BCUT2D eigenvalue weighted by atomic mass is 15.0. The maximum absolute atomic E-state index is 4.70. The van der Waals surface area contributed by atoms with Crippen molar-refractivity contribution in [1.82, 2.24) is 10.3 Å². The number of nitrogens with one attached hydrogen (secondary N) is 1. The Kier molecular flexibility index (Phi) is 5.38. The average molecular weight is 260 g/mol. The molecule has 0 saturated heterocycles. The number of nitrogens with zero attached hydrogens (tertiary/aromatic N) is 1. The minimum absolute atomic E-state index is 0.552. The fourth-order valence-electron chi connectivity index (χ4n) is 3.29. The largest absolute Gasteiger partial charge is 0.311 e. The molecule has 2 unspecified atom stereocenters. The summed E-state index contributed by atoms with van der Waals surface area (Å²) in [7, 11) is 0. The first kappa shape index (κ1) is 14.5. The van der Waals surface area contributed by atoms with Crippen molar-refractivity contribution in [3.63, 3.8) is 0 Å². The van der Waals surface area contributed by atoms with E-state index < -0.39 is 0 Å². The van der Waals surface area contributed by atoms with E-state index in [0.717, 1.165) is 0 Å². The topological polar surface area (TPSA) is 24.9 Å². The summed E-state index contributed by atoms with van der Waals surface area (Å²) >= 11 is 0. The summed E-state index contributed by atoms with van der Waals surface area (Å²) in [5.41, 5.74) is 2.84. The second-order valence-electron chi connectivity index (χ2n) is 6.12. The number of rotatable bonds is 6. The summed E-state index contributed by atoms with van der Waals surface area (Å²) in [4.78, 5) is 4.70. The van der Waals surface area contributed by atoms with Gasteiger partial charge in [0.2, 0.25) is 0 Å². The molecule has 0 aliphatic heterocycles. The van der Waals surface area contributed by atoms with Crippen LogP contribution in [0, 0.1) is 0 Å². The third-order valence-corrected chi connectivity index (χ3v) is 4.14. The Morgan fingerprint density at radius 3 is 3.00 bits per heavy atom. The molecule has 1 aliphatic rings. The third-order valence-electron chi connectivity index (χ3n) is 4.14. The van der Waals surface area contributed by atoms with Gasteiger partial charge in [-0.3, -0.25) is 4.98 Å². The van der Waals surface area contributed by atoms with E-state index in [-0.39, 0.29) is 0 Å².